The zero-order valence-corrected chi connectivity index (χ0v) is 7.66. The smallest absolute Gasteiger partial charge is 0.106 e. The van der Waals surface area contributed by atoms with Gasteiger partial charge in [0.1, 0.15) is 7.11 Å². The Labute approximate surface area is 73.3 Å². The fourth-order valence-electron chi connectivity index (χ4n) is 2.47. The molecule has 0 aromatic carbocycles. The Bertz CT molecular complexity index is 232. The summed E-state index contributed by atoms with van der Waals surface area (Å²) in [4.78, 5) is 4.79. The Hall–Kier alpha value is -0.790. The molecule has 2 bridgehead atoms. The largest absolute Gasteiger partial charge is 0.399 e. The minimum Gasteiger partial charge on any atom is -0.399 e. The molecule has 0 spiro atoms. The number of fused-ring (bicyclic) bond motifs is 2. The van der Waals surface area contributed by atoms with E-state index in [9.17, 15) is 0 Å². The highest BCUT2D eigenvalue weighted by Crippen LogP contribution is 2.43. The second-order valence-corrected chi connectivity index (χ2v) is 3.80. The number of nitrogens with zero attached hydrogens (tertiary/aromatic N) is 1. The number of hydrogen-bond donors (Lipinski definition) is 0. The van der Waals surface area contributed by atoms with Crippen LogP contribution < -0.4 is 0 Å². The van der Waals surface area contributed by atoms with E-state index in [2.05, 4.69) is 24.2 Å². The highest BCUT2D eigenvalue weighted by Gasteiger charge is 2.37. The van der Waals surface area contributed by atoms with Gasteiger partial charge in [-0.15, -0.1) is 0 Å². The van der Waals surface area contributed by atoms with Gasteiger partial charge < -0.3 is 4.84 Å². The van der Waals surface area contributed by atoms with Gasteiger partial charge in [-0.1, -0.05) is 17.3 Å². The number of hydrogen-bond acceptors (Lipinski definition) is 2. The molecule has 3 atom stereocenters. The van der Waals surface area contributed by atoms with Crippen molar-refractivity contribution < 1.29 is 4.84 Å². The minimum atomic E-state index is 0.653. The molecule has 2 rings (SSSR count). The fourth-order valence-corrected chi connectivity index (χ4v) is 2.47. The molecule has 0 N–H and O–H groups in total. The normalized spacial score (nSPS) is 39.2. The van der Waals surface area contributed by atoms with E-state index < -0.39 is 0 Å². The first-order chi connectivity index (χ1) is 5.81. The highest BCUT2D eigenvalue weighted by atomic mass is 16.6. The van der Waals surface area contributed by atoms with Crippen molar-refractivity contribution >= 4 is 5.71 Å². The second-order valence-electron chi connectivity index (χ2n) is 3.80. The van der Waals surface area contributed by atoms with Crippen molar-refractivity contribution in [2.24, 2.45) is 22.9 Å². The Balaban J connectivity index is 2.07. The Morgan fingerprint density at radius 2 is 2.25 bits per heavy atom. The van der Waals surface area contributed by atoms with Gasteiger partial charge in [0.2, 0.25) is 0 Å². The summed E-state index contributed by atoms with van der Waals surface area (Å²) < 4.78 is 0. The highest BCUT2D eigenvalue weighted by molar-refractivity contribution is 5.85. The quantitative estimate of drug-likeness (QED) is 0.349. The van der Waals surface area contributed by atoms with E-state index >= 15 is 0 Å². The van der Waals surface area contributed by atoms with Gasteiger partial charge >= 0.3 is 0 Å². The average molecular weight is 165 g/mol. The Morgan fingerprint density at radius 3 is 2.75 bits per heavy atom. The lowest BCUT2D eigenvalue weighted by molar-refractivity contribution is 0.210. The van der Waals surface area contributed by atoms with Crippen molar-refractivity contribution in [3.8, 4) is 0 Å². The lowest BCUT2D eigenvalue weighted by Gasteiger charge is -2.16. The lowest BCUT2D eigenvalue weighted by atomic mass is 9.90. The summed E-state index contributed by atoms with van der Waals surface area (Å²) in [6.07, 6.45) is 7.30. The molecule has 2 aliphatic rings. The predicted octanol–water partition coefficient (Wildman–Crippen LogP) is 2.22. The minimum absolute atomic E-state index is 0.653. The van der Waals surface area contributed by atoms with Gasteiger partial charge in [-0.3, -0.25) is 0 Å². The van der Waals surface area contributed by atoms with Crippen LogP contribution in [-0.2, 0) is 4.84 Å². The van der Waals surface area contributed by atoms with Crippen LogP contribution in [-0.4, -0.2) is 12.8 Å². The third-order valence-electron chi connectivity index (χ3n) is 3.05. The standard InChI is InChI=1S/C10H15NO/c1-7(11-12-2)10-6-8-3-4-9(10)5-8/h3-4,8-10H,5-6H2,1-2H3/b11-7+/t8-,9+,10+/m0/s1. The molecule has 0 aromatic rings. The van der Waals surface area contributed by atoms with Crippen LogP contribution in [0.5, 0.6) is 0 Å². The molecule has 2 heteroatoms. The van der Waals surface area contributed by atoms with E-state index in [0.717, 1.165) is 17.5 Å². The van der Waals surface area contributed by atoms with Gasteiger partial charge in [0.25, 0.3) is 0 Å². The molecule has 0 unspecified atom stereocenters. The first-order valence-corrected chi connectivity index (χ1v) is 4.57. The predicted molar refractivity (Wildman–Crippen MR) is 49.0 cm³/mol. The molecule has 0 aliphatic heterocycles. The van der Waals surface area contributed by atoms with Crippen molar-refractivity contribution in [1.82, 2.24) is 0 Å². The Kier molecular flexibility index (Phi) is 1.91. The maximum atomic E-state index is 4.79. The van der Waals surface area contributed by atoms with Gasteiger partial charge in [-0.2, -0.15) is 0 Å². The number of rotatable bonds is 2. The molecule has 2 aliphatic carbocycles. The molecule has 12 heavy (non-hydrogen) atoms. The fraction of sp³-hybridized carbons (Fsp3) is 0.700. The summed E-state index contributed by atoms with van der Waals surface area (Å²) >= 11 is 0. The summed E-state index contributed by atoms with van der Waals surface area (Å²) in [6.45, 7) is 2.07. The third-order valence-corrected chi connectivity index (χ3v) is 3.05. The summed E-state index contributed by atoms with van der Waals surface area (Å²) in [7, 11) is 1.62. The Morgan fingerprint density at radius 1 is 1.42 bits per heavy atom. The summed E-state index contributed by atoms with van der Waals surface area (Å²) in [6, 6.07) is 0. The SMILES string of the molecule is CO/N=C(\C)[C@H]1C[C@H]2C=C[C@@H]1C2. The molecular weight excluding hydrogens is 150 g/mol. The van der Waals surface area contributed by atoms with Crippen LogP contribution in [0.3, 0.4) is 0 Å². The maximum Gasteiger partial charge on any atom is 0.106 e. The van der Waals surface area contributed by atoms with E-state index in [1.165, 1.54) is 12.8 Å². The van der Waals surface area contributed by atoms with Crippen molar-refractivity contribution in [2.45, 2.75) is 19.8 Å². The van der Waals surface area contributed by atoms with Gasteiger partial charge in [0.05, 0.1) is 5.71 Å². The van der Waals surface area contributed by atoms with Crippen LogP contribution in [0.4, 0.5) is 0 Å². The van der Waals surface area contributed by atoms with Crippen LogP contribution >= 0.6 is 0 Å². The van der Waals surface area contributed by atoms with Crippen LogP contribution in [0, 0.1) is 17.8 Å². The number of allylic oxidation sites excluding steroid dienone is 2. The molecule has 0 heterocycles. The summed E-state index contributed by atoms with van der Waals surface area (Å²) in [5, 5.41) is 4.01. The maximum absolute atomic E-state index is 4.79. The van der Waals surface area contributed by atoms with Crippen LogP contribution in [0.15, 0.2) is 17.3 Å². The molecule has 0 amide bonds. The van der Waals surface area contributed by atoms with Gasteiger partial charge in [0, 0.05) is 5.92 Å². The second kappa shape index (κ2) is 2.92. The van der Waals surface area contributed by atoms with Crippen LogP contribution in [0.25, 0.3) is 0 Å². The molecule has 1 saturated carbocycles. The van der Waals surface area contributed by atoms with E-state index in [0.29, 0.717) is 5.92 Å². The molecule has 0 radical (unpaired) electrons. The zero-order valence-electron chi connectivity index (χ0n) is 7.66. The molecule has 0 aromatic heterocycles. The molecule has 2 nitrogen and oxygen atoms in total. The van der Waals surface area contributed by atoms with Crippen molar-refractivity contribution in [3.05, 3.63) is 12.2 Å². The average Bonchev–Trinajstić information content (AvgIpc) is 2.64. The van der Waals surface area contributed by atoms with Crippen molar-refractivity contribution in [3.63, 3.8) is 0 Å². The monoisotopic (exact) mass is 165 g/mol. The van der Waals surface area contributed by atoms with Gasteiger partial charge in [0.15, 0.2) is 0 Å². The van der Waals surface area contributed by atoms with E-state index in [1.807, 2.05) is 0 Å². The molecule has 1 fully saturated rings. The zero-order chi connectivity index (χ0) is 8.55. The van der Waals surface area contributed by atoms with E-state index in [-0.39, 0.29) is 0 Å². The first-order valence-electron chi connectivity index (χ1n) is 4.57. The van der Waals surface area contributed by atoms with Crippen LogP contribution in [0.1, 0.15) is 19.8 Å². The summed E-state index contributed by atoms with van der Waals surface area (Å²) in [5.41, 5.74) is 1.16. The van der Waals surface area contributed by atoms with Gasteiger partial charge in [-0.05, 0) is 31.6 Å². The molecular formula is C10H15NO. The topological polar surface area (TPSA) is 21.6 Å². The van der Waals surface area contributed by atoms with Crippen LogP contribution in [0.2, 0.25) is 0 Å². The van der Waals surface area contributed by atoms with Gasteiger partial charge in [-0.25, -0.2) is 0 Å². The van der Waals surface area contributed by atoms with E-state index in [1.54, 1.807) is 7.11 Å². The van der Waals surface area contributed by atoms with Crippen molar-refractivity contribution in [1.29, 1.82) is 0 Å². The van der Waals surface area contributed by atoms with E-state index in [4.69, 9.17) is 4.84 Å². The summed E-state index contributed by atoms with van der Waals surface area (Å²) in [5.74, 6) is 2.22. The first kappa shape index (κ1) is 7.84. The van der Waals surface area contributed by atoms with Crippen molar-refractivity contribution in [2.75, 3.05) is 7.11 Å². The lowest BCUT2D eigenvalue weighted by Crippen LogP contribution is -2.16. The molecule has 66 valence electrons. The molecule has 0 saturated heterocycles. The number of oxime groups is 1. The third kappa shape index (κ3) is 1.15.